The molecule has 1 atom stereocenters. The molecule has 2 aliphatic carbocycles. The van der Waals surface area contributed by atoms with Gasteiger partial charge in [-0.3, -0.25) is 4.79 Å². The number of aromatic nitrogens is 1. The number of hydrogen-bond donors (Lipinski definition) is 1. The van der Waals surface area contributed by atoms with Gasteiger partial charge in [0.15, 0.2) is 5.78 Å². The first-order valence-electron chi connectivity index (χ1n) is 8.64. The number of fused-ring (bicyclic) bond motifs is 1. The van der Waals surface area contributed by atoms with Crippen LogP contribution in [0.3, 0.4) is 0 Å². The zero-order valence-electron chi connectivity index (χ0n) is 13.9. The van der Waals surface area contributed by atoms with Gasteiger partial charge in [-0.15, -0.1) is 0 Å². The summed E-state index contributed by atoms with van der Waals surface area (Å²) in [6, 6.07) is 5.74. The average molecular weight is 323 g/mol. The summed E-state index contributed by atoms with van der Waals surface area (Å²) in [6.07, 6.45) is 4.40. The van der Waals surface area contributed by atoms with E-state index in [2.05, 4.69) is 16.0 Å². The fraction of sp³-hybridized carbons (Fsp3) is 0.526. The van der Waals surface area contributed by atoms with Crippen LogP contribution in [0.2, 0.25) is 0 Å². The minimum absolute atomic E-state index is 0.127. The number of likely N-dealkylation sites (tertiary alicyclic amines) is 1. The Labute approximate surface area is 141 Å². The van der Waals surface area contributed by atoms with Crippen LogP contribution in [-0.4, -0.2) is 33.9 Å². The van der Waals surface area contributed by atoms with Crippen molar-refractivity contribution in [1.29, 1.82) is 5.26 Å². The van der Waals surface area contributed by atoms with Crippen LogP contribution in [0.4, 0.5) is 0 Å². The fourth-order valence-corrected chi connectivity index (χ4v) is 3.90. The van der Waals surface area contributed by atoms with E-state index in [0.717, 1.165) is 31.5 Å². The predicted molar refractivity (Wildman–Crippen MR) is 88.6 cm³/mol. The number of aliphatic hydroxyl groups is 1. The molecule has 124 valence electrons. The highest BCUT2D eigenvalue weighted by molar-refractivity contribution is 6.09. The highest BCUT2D eigenvalue weighted by atomic mass is 16.3. The molecule has 3 aliphatic rings. The van der Waals surface area contributed by atoms with Crippen molar-refractivity contribution in [3.05, 3.63) is 34.7 Å². The van der Waals surface area contributed by atoms with E-state index in [4.69, 9.17) is 0 Å². The molecule has 0 amide bonds. The smallest absolute Gasteiger partial charge is 0.180 e. The lowest BCUT2D eigenvalue weighted by atomic mass is 9.88. The minimum Gasteiger partial charge on any atom is -0.387 e. The number of aliphatic hydroxyl groups excluding tert-OH is 1. The monoisotopic (exact) mass is 323 g/mol. The van der Waals surface area contributed by atoms with Crippen LogP contribution in [0.25, 0.3) is 5.70 Å². The molecule has 24 heavy (non-hydrogen) atoms. The van der Waals surface area contributed by atoms with Gasteiger partial charge >= 0.3 is 0 Å². The Morgan fingerprint density at radius 2 is 2.00 bits per heavy atom. The van der Waals surface area contributed by atoms with E-state index in [-0.39, 0.29) is 17.8 Å². The van der Waals surface area contributed by atoms with Crippen molar-refractivity contribution in [2.24, 2.45) is 5.41 Å². The van der Waals surface area contributed by atoms with Gasteiger partial charge in [-0.05, 0) is 49.7 Å². The molecule has 0 radical (unpaired) electrons. The van der Waals surface area contributed by atoms with Crippen LogP contribution >= 0.6 is 0 Å². The normalized spacial score (nSPS) is 23.0. The first kappa shape index (κ1) is 15.3. The maximum absolute atomic E-state index is 12.4. The molecule has 1 N–H and O–H groups in total. The van der Waals surface area contributed by atoms with Gasteiger partial charge in [-0.25, -0.2) is 4.98 Å². The minimum atomic E-state index is -0.671. The standard InChI is InChI=1S/C19H21N3O2/c1-12(23)15-3-2-13-10-16(24)14(11-20)18(17(13)21-15)22-8-6-19(4-5-19)7-9-22/h2-3,12,23H,4-10H2,1H3/t12-/m0/s1. The fourth-order valence-electron chi connectivity index (χ4n) is 3.90. The Hall–Kier alpha value is -2.19. The zero-order chi connectivity index (χ0) is 16.9. The van der Waals surface area contributed by atoms with Crippen LogP contribution in [0.15, 0.2) is 17.7 Å². The summed E-state index contributed by atoms with van der Waals surface area (Å²) in [7, 11) is 0. The SMILES string of the molecule is C[C@H](O)c1ccc2c(n1)C(N1CCC3(CC1)CC3)=C(C#N)C(=O)C2. The van der Waals surface area contributed by atoms with Crippen LogP contribution in [0.1, 0.15) is 55.7 Å². The number of nitriles is 1. The predicted octanol–water partition coefficient (Wildman–Crippen LogP) is 2.37. The molecule has 1 saturated carbocycles. The van der Waals surface area contributed by atoms with Gasteiger partial charge in [-0.1, -0.05) is 6.07 Å². The maximum Gasteiger partial charge on any atom is 0.180 e. The molecular weight excluding hydrogens is 302 g/mol. The van der Waals surface area contributed by atoms with Crippen molar-refractivity contribution in [2.75, 3.05) is 13.1 Å². The molecule has 1 saturated heterocycles. The van der Waals surface area contributed by atoms with Crippen molar-refractivity contribution in [3.63, 3.8) is 0 Å². The quantitative estimate of drug-likeness (QED) is 0.904. The molecule has 0 bridgehead atoms. The second kappa shape index (κ2) is 5.42. The number of carbonyl (C=O) groups is 1. The Morgan fingerprint density at radius 1 is 1.29 bits per heavy atom. The summed E-state index contributed by atoms with van der Waals surface area (Å²) < 4.78 is 0. The Balaban J connectivity index is 1.78. The summed E-state index contributed by atoms with van der Waals surface area (Å²) in [6.45, 7) is 3.41. The lowest BCUT2D eigenvalue weighted by Crippen LogP contribution is -2.36. The van der Waals surface area contributed by atoms with E-state index in [1.54, 1.807) is 13.0 Å². The Kier molecular flexibility index (Phi) is 3.47. The second-order valence-electron chi connectivity index (χ2n) is 7.34. The van der Waals surface area contributed by atoms with Gasteiger partial charge in [0.1, 0.15) is 11.6 Å². The summed E-state index contributed by atoms with van der Waals surface area (Å²) in [5.41, 5.74) is 3.57. The lowest BCUT2D eigenvalue weighted by molar-refractivity contribution is -0.114. The number of allylic oxidation sites excluding steroid dienone is 1. The third-order valence-corrected chi connectivity index (χ3v) is 5.73. The summed E-state index contributed by atoms with van der Waals surface area (Å²) in [5, 5.41) is 19.4. The topological polar surface area (TPSA) is 77.2 Å². The molecular formula is C19H21N3O2. The van der Waals surface area contributed by atoms with Crippen molar-refractivity contribution in [1.82, 2.24) is 9.88 Å². The average Bonchev–Trinajstić information content (AvgIpc) is 3.33. The number of piperidine rings is 1. The summed E-state index contributed by atoms with van der Waals surface area (Å²) in [4.78, 5) is 19.2. The van der Waals surface area contributed by atoms with E-state index in [1.807, 2.05) is 6.07 Å². The van der Waals surface area contributed by atoms with E-state index >= 15 is 0 Å². The second-order valence-corrected chi connectivity index (χ2v) is 7.34. The number of carbonyl (C=O) groups excluding carboxylic acids is 1. The molecule has 4 rings (SSSR count). The van der Waals surface area contributed by atoms with E-state index in [1.165, 1.54) is 12.8 Å². The largest absolute Gasteiger partial charge is 0.387 e. The van der Waals surface area contributed by atoms with Crippen LogP contribution in [0.5, 0.6) is 0 Å². The molecule has 1 aromatic rings. The summed E-state index contributed by atoms with van der Waals surface area (Å²) in [5.74, 6) is -0.127. The summed E-state index contributed by atoms with van der Waals surface area (Å²) >= 11 is 0. The Morgan fingerprint density at radius 3 is 2.58 bits per heavy atom. The van der Waals surface area contributed by atoms with Crippen molar-refractivity contribution in [2.45, 2.75) is 45.1 Å². The molecule has 0 unspecified atom stereocenters. The molecule has 1 aliphatic heterocycles. The van der Waals surface area contributed by atoms with Crippen LogP contribution in [0, 0.1) is 16.7 Å². The lowest BCUT2D eigenvalue weighted by Gasteiger charge is -2.37. The van der Waals surface area contributed by atoms with Crippen LogP contribution in [-0.2, 0) is 11.2 Å². The number of ketones is 1. The van der Waals surface area contributed by atoms with E-state index in [0.29, 0.717) is 22.5 Å². The number of hydrogen-bond acceptors (Lipinski definition) is 5. The van der Waals surface area contributed by atoms with Crippen molar-refractivity contribution >= 4 is 11.5 Å². The number of Topliss-reactive ketones (excluding diaryl/α,β-unsaturated/α-hetero) is 1. The molecule has 2 heterocycles. The zero-order valence-corrected chi connectivity index (χ0v) is 13.9. The third kappa shape index (κ3) is 2.42. The van der Waals surface area contributed by atoms with Gasteiger partial charge < -0.3 is 10.0 Å². The maximum atomic E-state index is 12.4. The van der Waals surface area contributed by atoms with Crippen molar-refractivity contribution < 1.29 is 9.90 Å². The van der Waals surface area contributed by atoms with Crippen molar-refractivity contribution in [3.8, 4) is 6.07 Å². The van der Waals surface area contributed by atoms with Gasteiger partial charge in [-0.2, -0.15) is 5.26 Å². The molecule has 5 nitrogen and oxygen atoms in total. The molecule has 1 spiro atoms. The highest BCUT2D eigenvalue weighted by Gasteiger charge is 2.45. The van der Waals surface area contributed by atoms with Gasteiger partial charge in [0.05, 0.1) is 23.2 Å². The third-order valence-electron chi connectivity index (χ3n) is 5.73. The molecule has 1 aromatic heterocycles. The van der Waals surface area contributed by atoms with E-state index < -0.39 is 6.10 Å². The van der Waals surface area contributed by atoms with Gasteiger partial charge in [0, 0.05) is 19.5 Å². The Bertz CT molecular complexity index is 774. The van der Waals surface area contributed by atoms with Gasteiger partial charge in [0.2, 0.25) is 0 Å². The number of pyridine rings is 1. The molecule has 5 heteroatoms. The van der Waals surface area contributed by atoms with Crippen LogP contribution < -0.4 is 0 Å². The first-order chi connectivity index (χ1) is 11.5. The first-order valence-corrected chi connectivity index (χ1v) is 8.64. The highest BCUT2D eigenvalue weighted by Crippen LogP contribution is 2.54. The number of rotatable bonds is 2. The van der Waals surface area contributed by atoms with Gasteiger partial charge in [0.25, 0.3) is 0 Å². The number of nitrogens with zero attached hydrogens (tertiary/aromatic N) is 3. The molecule has 2 fully saturated rings. The van der Waals surface area contributed by atoms with E-state index in [9.17, 15) is 15.2 Å². The molecule has 0 aromatic carbocycles.